The van der Waals surface area contributed by atoms with E-state index in [4.69, 9.17) is 14.0 Å². The minimum absolute atomic E-state index is 0.0951. The Morgan fingerprint density at radius 2 is 1.90 bits per heavy atom. The van der Waals surface area contributed by atoms with Crippen LogP contribution in [0.25, 0.3) is 0 Å². The number of benzene rings is 2. The molecule has 1 amide bonds. The molecule has 0 unspecified atom stereocenters. The van der Waals surface area contributed by atoms with E-state index in [1.165, 1.54) is 0 Å². The van der Waals surface area contributed by atoms with Crippen molar-refractivity contribution < 1.29 is 18.8 Å². The van der Waals surface area contributed by atoms with E-state index in [1.54, 1.807) is 26.0 Å². The Hall–Kier alpha value is -2.93. The molecule has 0 spiro atoms. The number of hydrogen-bond donors (Lipinski definition) is 1. The van der Waals surface area contributed by atoms with Gasteiger partial charge in [0, 0.05) is 17.5 Å². The summed E-state index contributed by atoms with van der Waals surface area (Å²) in [5.74, 6) is 2.68. The number of carbonyl (C=O) groups excluding carboxylic acids is 1. The lowest BCUT2D eigenvalue weighted by Crippen LogP contribution is -2.26. The van der Waals surface area contributed by atoms with Crippen LogP contribution < -0.4 is 14.8 Å². The summed E-state index contributed by atoms with van der Waals surface area (Å²) in [7, 11) is 3.22. The molecule has 0 aliphatic rings. The predicted molar refractivity (Wildman–Crippen MR) is 113 cm³/mol. The van der Waals surface area contributed by atoms with Crippen LogP contribution in [0.5, 0.6) is 11.5 Å². The van der Waals surface area contributed by atoms with Crippen molar-refractivity contribution in [3.05, 3.63) is 71.1 Å². The summed E-state index contributed by atoms with van der Waals surface area (Å²) >= 11 is 1.56. The van der Waals surface area contributed by atoms with E-state index in [0.717, 1.165) is 21.9 Å². The average Bonchev–Trinajstić information content (AvgIpc) is 3.17. The Labute approximate surface area is 174 Å². The third kappa shape index (κ3) is 5.54. The highest BCUT2D eigenvalue weighted by Gasteiger charge is 2.12. The number of thioether (sulfide) groups is 1. The van der Waals surface area contributed by atoms with Crippen LogP contribution in [-0.2, 0) is 12.2 Å². The number of amides is 1. The molecule has 0 radical (unpaired) electrons. The lowest BCUT2D eigenvalue weighted by atomic mass is 10.1. The second kappa shape index (κ2) is 10.0. The standard InChI is InChI=1S/C22H24N2O4S/c1-15-12-17(28-24-15)14-29-21-7-5-4-6-18(21)22(25)23-11-10-16-8-9-19(26-2)20(13-16)27-3/h4-9,12-13H,10-11,14H2,1-3H3,(H,23,25). The van der Waals surface area contributed by atoms with Crippen LogP contribution >= 0.6 is 11.8 Å². The molecule has 7 heteroatoms. The van der Waals surface area contributed by atoms with Gasteiger partial charge in [-0.1, -0.05) is 23.4 Å². The largest absolute Gasteiger partial charge is 0.493 e. The molecule has 3 rings (SSSR count). The molecule has 152 valence electrons. The first-order valence-electron chi connectivity index (χ1n) is 9.24. The van der Waals surface area contributed by atoms with E-state index in [1.807, 2.05) is 55.5 Å². The normalized spacial score (nSPS) is 10.6. The van der Waals surface area contributed by atoms with Crippen molar-refractivity contribution in [3.8, 4) is 11.5 Å². The van der Waals surface area contributed by atoms with Crippen LogP contribution in [0.15, 0.2) is 57.9 Å². The van der Waals surface area contributed by atoms with E-state index in [9.17, 15) is 4.79 Å². The van der Waals surface area contributed by atoms with E-state index in [0.29, 0.717) is 35.8 Å². The van der Waals surface area contributed by atoms with Crippen molar-refractivity contribution in [1.29, 1.82) is 0 Å². The number of aryl methyl sites for hydroxylation is 1. The van der Waals surface area contributed by atoms with Crippen molar-refractivity contribution in [2.24, 2.45) is 0 Å². The summed E-state index contributed by atoms with van der Waals surface area (Å²) in [6, 6.07) is 15.2. The first kappa shape index (κ1) is 20.8. The molecule has 3 aromatic rings. The lowest BCUT2D eigenvalue weighted by molar-refractivity contribution is 0.0951. The van der Waals surface area contributed by atoms with Crippen molar-refractivity contribution in [2.45, 2.75) is 24.0 Å². The van der Waals surface area contributed by atoms with Crippen molar-refractivity contribution >= 4 is 17.7 Å². The smallest absolute Gasteiger partial charge is 0.252 e. The van der Waals surface area contributed by atoms with Gasteiger partial charge in [0.2, 0.25) is 0 Å². The molecule has 0 aliphatic carbocycles. The number of aromatic nitrogens is 1. The first-order chi connectivity index (χ1) is 14.1. The number of hydrogen-bond acceptors (Lipinski definition) is 6. The van der Waals surface area contributed by atoms with Crippen LogP contribution in [0.2, 0.25) is 0 Å². The number of rotatable bonds is 9. The van der Waals surface area contributed by atoms with Crippen LogP contribution in [0.1, 0.15) is 27.4 Å². The molecule has 0 saturated heterocycles. The van der Waals surface area contributed by atoms with Crippen molar-refractivity contribution in [3.63, 3.8) is 0 Å². The lowest BCUT2D eigenvalue weighted by Gasteiger charge is -2.11. The van der Waals surface area contributed by atoms with Gasteiger partial charge in [0.15, 0.2) is 11.5 Å². The number of nitrogens with zero attached hydrogens (tertiary/aromatic N) is 1. The molecule has 6 nitrogen and oxygen atoms in total. The molecule has 0 bridgehead atoms. The van der Waals surface area contributed by atoms with Gasteiger partial charge in [0.1, 0.15) is 5.76 Å². The summed E-state index contributed by atoms with van der Waals surface area (Å²) in [6.07, 6.45) is 0.693. The summed E-state index contributed by atoms with van der Waals surface area (Å²) in [5.41, 5.74) is 2.56. The molecule has 0 fully saturated rings. The maximum absolute atomic E-state index is 12.7. The number of methoxy groups -OCH3 is 2. The molecular weight excluding hydrogens is 388 g/mol. The quantitative estimate of drug-likeness (QED) is 0.529. The Morgan fingerprint density at radius 3 is 2.62 bits per heavy atom. The van der Waals surface area contributed by atoms with Gasteiger partial charge >= 0.3 is 0 Å². The molecule has 29 heavy (non-hydrogen) atoms. The molecule has 0 atom stereocenters. The minimum atomic E-state index is -0.0951. The molecule has 1 N–H and O–H groups in total. The molecule has 2 aromatic carbocycles. The summed E-state index contributed by atoms with van der Waals surface area (Å²) in [4.78, 5) is 13.6. The van der Waals surface area contributed by atoms with E-state index >= 15 is 0 Å². The van der Waals surface area contributed by atoms with E-state index in [2.05, 4.69) is 10.5 Å². The number of ether oxygens (including phenoxy) is 2. The van der Waals surface area contributed by atoms with Gasteiger partial charge in [-0.15, -0.1) is 11.8 Å². The highest BCUT2D eigenvalue weighted by Crippen LogP contribution is 2.28. The topological polar surface area (TPSA) is 73.6 Å². The Morgan fingerprint density at radius 1 is 1.10 bits per heavy atom. The SMILES string of the molecule is COc1ccc(CCNC(=O)c2ccccc2SCc2cc(C)no2)cc1OC. The van der Waals surface area contributed by atoms with Crippen LogP contribution in [0.4, 0.5) is 0 Å². The van der Waals surface area contributed by atoms with Crippen molar-refractivity contribution in [2.75, 3.05) is 20.8 Å². The van der Waals surface area contributed by atoms with Gasteiger partial charge < -0.3 is 19.3 Å². The van der Waals surface area contributed by atoms with Gasteiger partial charge in [0.05, 0.1) is 31.2 Å². The van der Waals surface area contributed by atoms with Gasteiger partial charge in [-0.25, -0.2) is 0 Å². The Balaban J connectivity index is 1.58. The fourth-order valence-corrected chi connectivity index (χ4v) is 3.79. The highest BCUT2D eigenvalue weighted by atomic mass is 32.2. The zero-order chi connectivity index (χ0) is 20.6. The maximum atomic E-state index is 12.7. The summed E-state index contributed by atoms with van der Waals surface area (Å²) in [5, 5.41) is 6.89. The zero-order valence-electron chi connectivity index (χ0n) is 16.7. The molecule has 1 aromatic heterocycles. The number of nitrogens with one attached hydrogen (secondary N) is 1. The van der Waals surface area contributed by atoms with Gasteiger partial charge in [-0.05, 0) is 43.2 Å². The van der Waals surface area contributed by atoms with Crippen molar-refractivity contribution in [1.82, 2.24) is 10.5 Å². The highest BCUT2D eigenvalue weighted by molar-refractivity contribution is 7.98. The third-order valence-electron chi connectivity index (χ3n) is 4.33. The average molecular weight is 413 g/mol. The second-order valence-corrected chi connectivity index (χ2v) is 7.43. The number of carbonyl (C=O) groups is 1. The Kier molecular flexibility index (Phi) is 7.19. The van der Waals surface area contributed by atoms with Gasteiger partial charge in [-0.3, -0.25) is 4.79 Å². The zero-order valence-corrected chi connectivity index (χ0v) is 17.5. The fourth-order valence-electron chi connectivity index (χ4n) is 2.87. The van der Waals surface area contributed by atoms with Gasteiger partial charge in [-0.2, -0.15) is 0 Å². The van der Waals surface area contributed by atoms with Crippen LogP contribution in [-0.4, -0.2) is 31.8 Å². The summed E-state index contributed by atoms with van der Waals surface area (Å²) < 4.78 is 15.8. The fraction of sp³-hybridized carbons (Fsp3) is 0.273. The molecule has 0 saturated carbocycles. The molecular formula is C22H24N2O4S. The first-order valence-corrected chi connectivity index (χ1v) is 10.2. The molecule has 1 heterocycles. The summed E-state index contributed by atoms with van der Waals surface area (Å²) in [6.45, 7) is 2.41. The second-order valence-electron chi connectivity index (χ2n) is 6.41. The van der Waals surface area contributed by atoms with Gasteiger partial charge in [0.25, 0.3) is 5.91 Å². The minimum Gasteiger partial charge on any atom is -0.493 e. The monoisotopic (exact) mass is 412 g/mol. The Bertz CT molecular complexity index is 971. The maximum Gasteiger partial charge on any atom is 0.252 e. The molecule has 0 aliphatic heterocycles. The van der Waals surface area contributed by atoms with Crippen LogP contribution in [0.3, 0.4) is 0 Å². The van der Waals surface area contributed by atoms with E-state index < -0.39 is 0 Å². The van der Waals surface area contributed by atoms with Crippen LogP contribution in [0, 0.1) is 6.92 Å². The van der Waals surface area contributed by atoms with E-state index in [-0.39, 0.29) is 5.91 Å². The predicted octanol–water partition coefficient (Wildman–Crippen LogP) is 4.27. The third-order valence-corrected chi connectivity index (χ3v) is 5.42.